The summed E-state index contributed by atoms with van der Waals surface area (Å²) in [4.78, 5) is 25.0. The Balaban J connectivity index is 1.83. The minimum atomic E-state index is -1.13. The van der Waals surface area contributed by atoms with Crippen LogP contribution in [-0.2, 0) is 11.3 Å². The van der Waals surface area contributed by atoms with E-state index in [1.807, 2.05) is 0 Å². The van der Waals surface area contributed by atoms with Crippen LogP contribution in [0.3, 0.4) is 0 Å². The molecule has 0 saturated heterocycles. The number of benzene rings is 1. The fraction of sp³-hybridized carbons (Fsp3) is 0.312. The van der Waals surface area contributed by atoms with Crippen molar-refractivity contribution in [3.63, 3.8) is 0 Å². The van der Waals surface area contributed by atoms with Crippen molar-refractivity contribution >= 4 is 27.8 Å². The van der Waals surface area contributed by atoms with Crippen LogP contribution >= 0.6 is 15.9 Å². The van der Waals surface area contributed by atoms with E-state index in [0.717, 1.165) is 18.5 Å². The molecule has 0 atom stereocenters. The summed E-state index contributed by atoms with van der Waals surface area (Å²) in [7, 11) is 0. The fourth-order valence-electron chi connectivity index (χ4n) is 2.45. The molecule has 8 heteroatoms. The summed E-state index contributed by atoms with van der Waals surface area (Å²) in [6.45, 7) is -0.405. The van der Waals surface area contributed by atoms with Crippen LogP contribution in [0.5, 0.6) is 0 Å². The lowest BCUT2D eigenvalue weighted by molar-refractivity contribution is -0.137. The Labute approximate surface area is 145 Å². The lowest BCUT2D eigenvalue weighted by atomic mass is 10.2. The molecule has 1 aromatic carbocycles. The number of carbonyl (C=O) groups excluding carboxylic acids is 1. The normalized spacial score (nSPS) is 13.8. The van der Waals surface area contributed by atoms with E-state index >= 15 is 0 Å². The molecule has 24 heavy (non-hydrogen) atoms. The molecule has 0 aliphatic heterocycles. The summed E-state index contributed by atoms with van der Waals surface area (Å²) in [5.41, 5.74) is 1.68. The molecule has 1 aliphatic carbocycles. The summed E-state index contributed by atoms with van der Waals surface area (Å²) in [6, 6.07) is 5.59. The van der Waals surface area contributed by atoms with Crippen molar-refractivity contribution in [1.82, 2.24) is 15.1 Å². The van der Waals surface area contributed by atoms with Crippen LogP contribution in [0.4, 0.5) is 4.39 Å². The van der Waals surface area contributed by atoms with Gasteiger partial charge in [0.15, 0.2) is 5.69 Å². The quantitative estimate of drug-likeness (QED) is 0.786. The maximum atomic E-state index is 13.0. The predicted molar refractivity (Wildman–Crippen MR) is 87.0 cm³/mol. The highest BCUT2D eigenvalue weighted by Gasteiger charge is 2.32. The number of carboxylic acids is 1. The molecule has 2 N–H and O–H groups in total. The van der Waals surface area contributed by atoms with Gasteiger partial charge in [0.25, 0.3) is 5.91 Å². The van der Waals surface area contributed by atoms with Gasteiger partial charge in [-0.3, -0.25) is 14.7 Å². The van der Waals surface area contributed by atoms with Gasteiger partial charge in [0.1, 0.15) is 12.4 Å². The maximum Gasteiger partial charge on any atom is 0.323 e. The van der Waals surface area contributed by atoms with Crippen molar-refractivity contribution in [2.45, 2.75) is 25.3 Å². The third kappa shape index (κ3) is 3.64. The van der Waals surface area contributed by atoms with Gasteiger partial charge in [-0.25, -0.2) is 4.39 Å². The number of carbonyl (C=O) groups is 2. The third-order valence-electron chi connectivity index (χ3n) is 3.82. The van der Waals surface area contributed by atoms with E-state index in [4.69, 9.17) is 5.11 Å². The molecule has 1 fully saturated rings. The largest absolute Gasteiger partial charge is 0.480 e. The predicted octanol–water partition coefficient (Wildman–Crippen LogP) is 2.92. The fourth-order valence-corrected chi connectivity index (χ4v) is 3.12. The van der Waals surface area contributed by atoms with Crippen LogP contribution in [0.15, 0.2) is 28.7 Å². The molecule has 1 heterocycles. The van der Waals surface area contributed by atoms with E-state index in [0.29, 0.717) is 16.0 Å². The second-order valence-corrected chi connectivity index (χ2v) is 6.55. The number of aromatic nitrogens is 2. The highest BCUT2D eigenvalue weighted by atomic mass is 79.9. The number of aromatic amines is 1. The Morgan fingerprint density at radius 1 is 1.33 bits per heavy atom. The molecule has 0 radical (unpaired) electrons. The zero-order chi connectivity index (χ0) is 17.3. The van der Waals surface area contributed by atoms with Gasteiger partial charge in [-0.05, 0) is 46.5 Å². The van der Waals surface area contributed by atoms with E-state index < -0.39 is 18.4 Å². The van der Waals surface area contributed by atoms with Gasteiger partial charge in [-0.2, -0.15) is 5.10 Å². The second-order valence-electron chi connectivity index (χ2n) is 5.76. The number of amides is 1. The van der Waals surface area contributed by atoms with Crippen LogP contribution in [0.1, 0.15) is 40.5 Å². The molecule has 1 saturated carbocycles. The zero-order valence-electron chi connectivity index (χ0n) is 12.6. The smallest absolute Gasteiger partial charge is 0.323 e. The van der Waals surface area contributed by atoms with Crippen LogP contribution in [0, 0.1) is 5.82 Å². The summed E-state index contributed by atoms with van der Waals surface area (Å²) >= 11 is 3.38. The molecule has 126 valence electrons. The molecule has 0 unspecified atom stereocenters. The number of nitrogens with one attached hydrogen (secondary N) is 1. The minimum absolute atomic E-state index is 0.0590. The molecule has 6 nitrogen and oxygen atoms in total. The third-order valence-corrected chi connectivity index (χ3v) is 4.62. The number of H-pyrrole nitrogens is 1. The Hall–Kier alpha value is -2.22. The van der Waals surface area contributed by atoms with Gasteiger partial charge in [-0.15, -0.1) is 0 Å². The lowest BCUT2D eigenvalue weighted by Crippen LogP contribution is -2.35. The molecular formula is C16H15BrFN3O3. The summed E-state index contributed by atoms with van der Waals surface area (Å²) in [5.74, 6) is -1.63. The first-order chi connectivity index (χ1) is 11.5. The minimum Gasteiger partial charge on any atom is -0.480 e. The second kappa shape index (κ2) is 6.72. The van der Waals surface area contributed by atoms with E-state index in [1.165, 1.54) is 29.2 Å². The Bertz CT molecular complexity index is 771. The van der Waals surface area contributed by atoms with Gasteiger partial charge in [0.2, 0.25) is 0 Å². The average Bonchev–Trinajstić information content (AvgIpc) is 3.30. The molecule has 1 amide bonds. The lowest BCUT2D eigenvalue weighted by Gasteiger charge is -2.20. The van der Waals surface area contributed by atoms with Crippen LogP contribution in [0.25, 0.3) is 0 Å². The molecule has 3 rings (SSSR count). The Morgan fingerprint density at radius 2 is 2.00 bits per heavy atom. The maximum absolute atomic E-state index is 13.0. The highest BCUT2D eigenvalue weighted by Crippen LogP contribution is 2.43. The van der Waals surface area contributed by atoms with Gasteiger partial charge in [0.05, 0.1) is 10.2 Å². The van der Waals surface area contributed by atoms with Crippen molar-refractivity contribution in [2.24, 2.45) is 0 Å². The molecule has 1 aliphatic rings. The number of hydrogen-bond acceptors (Lipinski definition) is 3. The summed E-state index contributed by atoms with van der Waals surface area (Å²) in [6.07, 6.45) is 2.09. The van der Waals surface area contributed by atoms with E-state index in [9.17, 15) is 14.0 Å². The van der Waals surface area contributed by atoms with Crippen molar-refractivity contribution in [1.29, 1.82) is 0 Å². The van der Waals surface area contributed by atoms with Crippen LogP contribution in [0.2, 0.25) is 0 Å². The van der Waals surface area contributed by atoms with Crippen molar-refractivity contribution in [3.8, 4) is 0 Å². The Morgan fingerprint density at radius 3 is 2.58 bits per heavy atom. The van der Waals surface area contributed by atoms with Gasteiger partial charge in [-0.1, -0.05) is 12.1 Å². The number of aliphatic carboxylic acids is 1. The van der Waals surface area contributed by atoms with Crippen LogP contribution in [-0.4, -0.2) is 38.6 Å². The topological polar surface area (TPSA) is 86.3 Å². The first kappa shape index (κ1) is 16.6. The Kier molecular flexibility index (Phi) is 4.66. The first-order valence-electron chi connectivity index (χ1n) is 7.45. The van der Waals surface area contributed by atoms with E-state index in [1.54, 1.807) is 0 Å². The van der Waals surface area contributed by atoms with Crippen molar-refractivity contribution < 1.29 is 19.1 Å². The SMILES string of the molecule is O=C(O)CN(Cc1ccc(F)cc1)C(=O)c1n[nH]c(C2CC2)c1Br. The zero-order valence-corrected chi connectivity index (χ0v) is 14.2. The van der Waals surface area contributed by atoms with E-state index in [2.05, 4.69) is 26.1 Å². The number of nitrogens with zero attached hydrogens (tertiary/aromatic N) is 2. The average molecular weight is 396 g/mol. The molecule has 0 spiro atoms. The summed E-state index contributed by atoms with van der Waals surface area (Å²) in [5, 5.41) is 16.0. The molecule has 2 aromatic rings. The molecule has 1 aromatic heterocycles. The van der Waals surface area contributed by atoms with Crippen LogP contribution < -0.4 is 0 Å². The summed E-state index contributed by atoms with van der Waals surface area (Å²) < 4.78 is 13.6. The van der Waals surface area contributed by atoms with Crippen molar-refractivity contribution in [2.75, 3.05) is 6.54 Å². The van der Waals surface area contributed by atoms with Gasteiger partial charge in [0, 0.05) is 12.5 Å². The highest BCUT2D eigenvalue weighted by molar-refractivity contribution is 9.10. The van der Waals surface area contributed by atoms with E-state index in [-0.39, 0.29) is 18.1 Å². The number of halogens is 2. The standard InChI is InChI=1S/C16H15BrFN3O3/c17-13-14(10-3-4-10)19-20-15(13)16(24)21(8-12(22)23)7-9-1-5-11(18)6-2-9/h1-2,5-6,10H,3-4,7-8H2,(H,19,20)(H,22,23). The number of hydrogen-bond donors (Lipinski definition) is 2. The number of rotatable bonds is 6. The van der Waals surface area contributed by atoms with Gasteiger partial charge < -0.3 is 10.0 Å². The molecule has 0 bridgehead atoms. The molecular weight excluding hydrogens is 381 g/mol. The number of carboxylic acid groups (broad SMARTS) is 1. The monoisotopic (exact) mass is 395 g/mol. The first-order valence-corrected chi connectivity index (χ1v) is 8.24. The van der Waals surface area contributed by atoms with Crippen molar-refractivity contribution in [3.05, 3.63) is 51.5 Å². The van der Waals surface area contributed by atoms with Gasteiger partial charge >= 0.3 is 5.97 Å².